The summed E-state index contributed by atoms with van der Waals surface area (Å²) in [6, 6.07) is 5.60. The summed E-state index contributed by atoms with van der Waals surface area (Å²) in [5.74, 6) is -0.585. The SMILES string of the molecule is COC(=O)C(C)NC(=O)Cc1ccc2c(c1)CCC2. The highest BCUT2D eigenvalue weighted by molar-refractivity contribution is 5.85. The van der Waals surface area contributed by atoms with Gasteiger partial charge in [-0.15, -0.1) is 0 Å². The summed E-state index contributed by atoms with van der Waals surface area (Å²) in [5, 5.41) is 2.63. The lowest BCUT2D eigenvalue weighted by atomic mass is 10.0. The number of benzene rings is 1. The van der Waals surface area contributed by atoms with Crippen LogP contribution in [0.2, 0.25) is 0 Å². The fourth-order valence-electron chi connectivity index (χ4n) is 2.45. The average molecular weight is 261 g/mol. The van der Waals surface area contributed by atoms with Crippen LogP contribution in [0.1, 0.15) is 30.0 Å². The molecular formula is C15H19NO3. The van der Waals surface area contributed by atoms with Crippen molar-refractivity contribution in [3.8, 4) is 0 Å². The molecule has 1 unspecified atom stereocenters. The van der Waals surface area contributed by atoms with Crippen LogP contribution in [0.5, 0.6) is 0 Å². The smallest absolute Gasteiger partial charge is 0.328 e. The molecule has 102 valence electrons. The fraction of sp³-hybridized carbons (Fsp3) is 0.467. The zero-order valence-electron chi connectivity index (χ0n) is 11.4. The van der Waals surface area contributed by atoms with E-state index < -0.39 is 12.0 Å². The second-order valence-corrected chi connectivity index (χ2v) is 4.95. The third-order valence-corrected chi connectivity index (χ3v) is 3.46. The normalized spacial score (nSPS) is 14.6. The van der Waals surface area contributed by atoms with E-state index in [0.717, 1.165) is 18.4 Å². The number of ether oxygens (including phenoxy) is 1. The zero-order chi connectivity index (χ0) is 13.8. The van der Waals surface area contributed by atoms with E-state index in [9.17, 15) is 9.59 Å². The number of rotatable bonds is 4. The number of nitrogens with one attached hydrogen (secondary N) is 1. The third-order valence-electron chi connectivity index (χ3n) is 3.46. The van der Waals surface area contributed by atoms with E-state index in [2.05, 4.69) is 22.2 Å². The van der Waals surface area contributed by atoms with Crippen molar-refractivity contribution >= 4 is 11.9 Å². The van der Waals surface area contributed by atoms with Crippen molar-refractivity contribution in [3.63, 3.8) is 0 Å². The summed E-state index contributed by atoms with van der Waals surface area (Å²) in [6.07, 6.45) is 3.74. The maximum Gasteiger partial charge on any atom is 0.328 e. The summed E-state index contributed by atoms with van der Waals surface area (Å²) in [4.78, 5) is 23.0. The van der Waals surface area contributed by atoms with E-state index in [-0.39, 0.29) is 5.91 Å². The molecule has 1 N–H and O–H groups in total. The number of aryl methyl sites for hydroxylation is 2. The number of carbonyl (C=O) groups excluding carboxylic acids is 2. The predicted molar refractivity (Wildman–Crippen MR) is 71.8 cm³/mol. The quantitative estimate of drug-likeness (QED) is 0.833. The lowest BCUT2D eigenvalue weighted by molar-refractivity contribution is -0.144. The van der Waals surface area contributed by atoms with Gasteiger partial charge in [0.15, 0.2) is 0 Å². The molecule has 0 spiro atoms. The third kappa shape index (κ3) is 3.34. The predicted octanol–water partition coefficient (Wildman–Crippen LogP) is 1.40. The van der Waals surface area contributed by atoms with Gasteiger partial charge in [-0.2, -0.15) is 0 Å². The van der Waals surface area contributed by atoms with Crippen LogP contribution in [-0.2, 0) is 33.6 Å². The summed E-state index contributed by atoms with van der Waals surface area (Å²) in [7, 11) is 1.31. The minimum absolute atomic E-state index is 0.157. The maximum atomic E-state index is 11.8. The first-order valence-corrected chi connectivity index (χ1v) is 6.58. The number of fused-ring (bicyclic) bond motifs is 1. The van der Waals surface area contributed by atoms with Crippen molar-refractivity contribution in [1.82, 2.24) is 5.32 Å². The molecule has 1 amide bonds. The Kier molecular flexibility index (Phi) is 4.20. The minimum atomic E-state index is -0.605. The summed E-state index contributed by atoms with van der Waals surface area (Å²) in [5.41, 5.74) is 3.74. The van der Waals surface area contributed by atoms with Gasteiger partial charge in [-0.3, -0.25) is 4.79 Å². The molecule has 0 aliphatic heterocycles. The van der Waals surface area contributed by atoms with Gasteiger partial charge in [0.1, 0.15) is 6.04 Å². The molecule has 0 saturated heterocycles. The van der Waals surface area contributed by atoms with Gasteiger partial charge >= 0.3 is 5.97 Å². The molecule has 0 radical (unpaired) electrons. The molecule has 0 fully saturated rings. The highest BCUT2D eigenvalue weighted by Gasteiger charge is 2.17. The molecule has 0 heterocycles. The van der Waals surface area contributed by atoms with Crippen LogP contribution in [0.25, 0.3) is 0 Å². The summed E-state index contributed by atoms with van der Waals surface area (Å²) in [6.45, 7) is 1.62. The first-order chi connectivity index (χ1) is 9.10. The molecule has 1 aromatic rings. The molecule has 1 aliphatic carbocycles. The molecule has 1 aliphatic rings. The lowest BCUT2D eigenvalue weighted by Crippen LogP contribution is -2.39. The number of esters is 1. The number of carbonyl (C=O) groups is 2. The fourth-order valence-corrected chi connectivity index (χ4v) is 2.45. The van der Waals surface area contributed by atoms with Crippen molar-refractivity contribution in [2.45, 2.75) is 38.6 Å². The van der Waals surface area contributed by atoms with E-state index in [1.807, 2.05) is 6.07 Å². The summed E-state index contributed by atoms with van der Waals surface area (Å²) < 4.78 is 4.57. The molecule has 1 aromatic carbocycles. The van der Waals surface area contributed by atoms with Crippen LogP contribution in [0.4, 0.5) is 0 Å². The molecule has 1 atom stereocenters. The molecule has 19 heavy (non-hydrogen) atoms. The minimum Gasteiger partial charge on any atom is -0.467 e. The maximum absolute atomic E-state index is 11.8. The Labute approximate surface area is 113 Å². The Balaban J connectivity index is 1.94. The Morgan fingerprint density at radius 1 is 1.32 bits per heavy atom. The second kappa shape index (κ2) is 5.87. The number of methoxy groups -OCH3 is 1. The lowest BCUT2D eigenvalue weighted by Gasteiger charge is -2.11. The first-order valence-electron chi connectivity index (χ1n) is 6.58. The van der Waals surface area contributed by atoms with E-state index in [4.69, 9.17) is 0 Å². The average Bonchev–Trinajstić information content (AvgIpc) is 2.84. The topological polar surface area (TPSA) is 55.4 Å². The van der Waals surface area contributed by atoms with Gasteiger partial charge in [-0.1, -0.05) is 18.2 Å². The van der Waals surface area contributed by atoms with Crippen molar-refractivity contribution in [3.05, 3.63) is 34.9 Å². The van der Waals surface area contributed by atoms with Crippen molar-refractivity contribution in [2.75, 3.05) is 7.11 Å². The standard InChI is InChI=1S/C15H19NO3/c1-10(15(18)19-2)16-14(17)9-11-6-7-12-4-3-5-13(12)8-11/h6-8,10H,3-5,9H2,1-2H3,(H,16,17). The first kappa shape index (κ1) is 13.6. The molecule has 0 saturated carbocycles. The molecule has 0 bridgehead atoms. The van der Waals surface area contributed by atoms with Crippen LogP contribution < -0.4 is 5.32 Å². The van der Waals surface area contributed by atoms with Gasteiger partial charge in [-0.25, -0.2) is 4.79 Å². The van der Waals surface area contributed by atoms with Gasteiger partial charge in [-0.05, 0) is 42.9 Å². The number of hydrogen-bond acceptors (Lipinski definition) is 3. The summed E-state index contributed by atoms with van der Waals surface area (Å²) >= 11 is 0. The Morgan fingerprint density at radius 3 is 2.79 bits per heavy atom. The van der Waals surface area contributed by atoms with Crippen LogP contribution in [0.3, 0.4) is 0 Å². The number of amides is 1. The van der Waals surface area contributed by atoms with Crippen LogP contribution in [0, 0.1) is 0 Å². The van der Waals surface area contributed by atoms with Crippen molar-refractivity contribution in [2.24, 2.45) is 0 Å². The van der Waals surface area contributed by atoms with Gasteiger partial charge in [0.05, 0.1) is 13.5 Å². The van der Waals surface area contributed by atoms with E-state index >= 15 is 0 Å². The van der Waals surface area contributed by atoms with E-state index in [1.165, 1.54) is 24.7 Å². The highest BCUT2D eigenvalue weighted by Crippen LogP contribution is 2.22. The molecule has 4 heteroatoms. The van der Waals surface area contributed by atoms with Crippen LogP contribution in [-0.4, -0.2) is 25.0 Å². The highest BCUT2D eigenvalue weighted by atomic mass is 16.5. The van der Waals surface area contributed by atoms with Gasteiger partial charge in [0.25, 0.3) is 0 Å². The number of hydrogen-bond donors (Lipinski definition) is 1. The molecule has 0 aromatic heterocycles. The van der Waals surface area contributed by atoms with E-state index in [0.29, 0.717) is 6.42 Å². The van der Waals surface area contributed by atoms with Crippen LogP contribution >= 0.6 is 0 Å². The monoisotopic (exact) mass is 261 g/mol. The Morgan fingerprint density at radius 2 is 2.05 bits per heavy atom. The Bertz CT molecular complexity index is 496. The van der Waals surface area contributed by atoms with Gasteiger partial charge in [0.2, 0.25) is 5.91 Å². The van der Waals surface area contributed by atoms with Gasteiger partial charge in [0, 0.05) is 0 Å². The van der Waals surface area contributed by atoms with E-state index in [1.54, 1.807) is 6.92 Å². The van der Waals surface area contributed by atoms with Crippen LogP contribution in [0.15, 0.2) is 18.2 Å². The van der Waals surface area contributed by atoms with Crippen molar-refractivity contribution in [1.29, 1.82) is 0 Å². The molecular weight excluding hydrogens is 242 g/mol. The largest absolute Gasteiger partial charge is 0.467 e. The zero-order valence-corrected chi connectivity index (χ0v) is 11.4. The van der Waals surface area contributed by atoms with Crippen molar-refractivity contribution < 1.29 is 14.3 Å². The Hall–Kier alpha value is -1.84. The molecule has 4 nitrogen and oxygen atoms in total. The van der Waals surface area contributed by atoms with Gasteiger partial charge < -0.3 is 10.1 Å². The molecule has 2 rings (SSSR count). The second-order valence-electron chi connectivity index (χ2n) is 4.95.